The van der Waals surface area contributed by atoms with E-state index >= 15 is 0 Å². The zero-order valence-corrected chi connectivity index (χ0v) is 19.8. The number of benzene rings is 2. The van der Waals surface area contributed by atoms with Crippen molar-refractivity contribution in [3.63, 3.8) is 0 Å². The number of nitrogens with zero attached hydrogens (tertiary/aromatic N) is 2. The third kappa shape index (κ3) is 6.34. The first-order chi connectivity index (χ1) is 15.8. The Morgan fingerprint density at radius 1 is 1.03 bits per heavy atom. The number of hydrogen-bond acceptors (Lipinski definition) is 4. The van der Waals surface area contributed by atoms with Crippen LogP contribution in [-0.4, -0.2) is 53.3 Å². The summed E-state index contributed by atoms with van der Waals surface area (Å²) in [6.07, 6.45) is 3.19. The number of carbonyl (C=O) groups is 3. The summed E-state index contributed by atoms with van der Waals surface area (Å²) in [6, 6.07) is 14.6. The maximum absolute atomic E-state index is 12.7. The molecule has 1 aliphatic heterocycles. The Morgan fingerprint density at radius 3 is 2.30 bits per heavy atom. The van der Waals surface area contributed by atoms with Crippen LogP contribution in [0.1, 0.15) is 56.0 Å². The minimum absolute atomic E-state index is 0.0105. The van der Waals surface area contributed by atoms with E-state index in [0.717, 1.165) is 24.8 Å². The fraction of sp³-hybridized carbons (Fsp3) is 0.423. The molecular weight excluding hydrogens is 418 g/mol. The molecule has 0 spiro atoms. The SMILES string of the molecule is CC(=O)N(C)Cc1ccccc1NC(=O)c1ccc(OCC(=O)N2C(C)CCCC2C)cc1. The van der Waals surface area contributed by atoms with E-state index in [1.165, 1.54) is 6.92 Å². The van der Waals surface area contributed by atoms with E-state index in [-0.39, 0.29) is 36.4 Å². The molecule has 1 heterocycles. The molecular formula is C26H33N3O4. The Labute approximate surface area is 195 Å². The fourth-order valence-electron chi connectivity index (χ4n) is 4.18. The van der Waals surface area contributed by atoms with Gasteiger partial charge in [-0.05, 0) is 69.0 Å². The summed E-state index contributed by atoms with van der Waals surface area (Å²) in [5.74, 6) is 0.227. The minimum atomic E-state index is -0.258. The lowest BCUT2D eigenvalue weighted by molar-refractivity contribution is -0.139. The first kappa shape index (κ1) is 24.3. The average Bonchev–Trinajstić information content (AvgIpc) is 2.79. The van der Waals surface area contributed by atoms with Crippen LogP contribution in [0.25, 0.3) is 0 Å². The van der Waals surface area contributed by atoms with Gasteiger partial charge in [0.2, 0.25) is 5.91 Å². The Bertz CT molecular complexity index is 979. The summed E-state index contributed by atoms with van der Waals surface area (Å²) >= 11 is 0. The number of ether oxygens (including phenoxy) is 1. The number of hydrogen-bond donors (Lipinski definition) is 1. The Kier molecular flexibility index (Phi) is 8.09. The van der Waals surface area contributed by atoms with E-state index in [9.17, 15) is 14.4 Å². The predicted molar refractivity (Wildman–Crippen MR) is 128 cm³/mol. The van der Waals surface area contributed by atoms with Crippen molar-refractivity contribution < 1.29 is 19.1 Å². The van der Waals surface area contributed by atoms with Gasteiger partial charge < -0.3 is 19.9 Å². The summed E-state index contributed by atoms with van der Waals surface area (Å²) in [4.78, 5) is 40.4. The third-order valence-electron chi connectivity index (χ3n) is 6.17. The fourth-order valence-corrected chi connectivity index (χ4v) is 4.18. The Morgan fingerprint density at radius 2 is 1.67 bits per heavy atom. The monoisotopic (exact) mass is 451 g/mol. The van der Waals surface area contributed by atoms with Crippen LogP contribution in [0.3, 0.4) is 0 Å². The number of anilines is 1. The normalized spacial score (nSPS) is 17.9. The van der Waals surface area contributed by atoms with E-state index < -0.39 is 0 Å². The van der Waals surface area contributed by atoms with Crippen LogP contribution >= 0.6 is 0 Å². The van der Waals surface area contributed by atoms with Crippen molar-refractivity contribution in [3.8, 4) is 5.75 Å². The maximum atomic E-state index is 12.7. The third-order valence-corrected chi connectivity index (χ3v) is 6.17. The molecule has 0 aromatic heterocycles. The maximum Gasteiger partial charge on any atom is 0.260 e. The number of rotatable bonds is 7. The van der Waals surface area contributed by atoms with Crippen molar-refractivity contribution in [2.75, 3.05) is 19.0 Å². The van der Waals surface area contributed by atoms with Gasteiger partial charge in [-0.15, -0.1) is 0 Å². The molecule has 2 aromatic rings. The molecule has 1 saturated heterocycles. The van der Waals surface area contributed by atoms with E-state index in [4.69, 9.17) is 4.74 Å². The van der Waals surface area contributed by atoms with Crippen LogP contribution in [0.2, 0.25) is 0 Å². The molecule has 1 fully saturated rings. The number of para-hydroxylation sites is 1. The van der Waals surface area contributed by atoms with Crippen LogP contribution < -0.4 is 10.1 Å². The van der Waals surface area contributed by atoms with Gasteiger partial charge in [0.15, 0.2) is 6.61 Å². The Balaban J connectivity index is 1.59. The van der Waals surface area contributed by atoms with Gasteiger partial charge in [0.25, 0.3) is 11.8 Å². The second-order valence-corrected chi connectivity index (χ2v) is 8.73. The zero-order chi connectivity index (χ0) is 24.0. The first-order valence-corrected chi connectivity index (χ1v) is 11.4. The highest BCUT2D eigenvalue weighted by Gasteiger charge is 2.29. The summed E-state index contributed by atoms with van der Waals surface area (Å²) in [5, 5.41) is 2.91. The lowest BCUT2D eigenvalue weighted by Crippen LogP contribution is -2.49. The molecule has 2 aromatic carbocycles. The van der Waals surface area contributed by atoms with Gasteiger partial charge in [0.05, 0.1) is 0 Å². The second kappa shape index (κ2) is 11.0. The molecule has 0 radical (unpaired) electrons. The van der Waals surface area contributed by atoms with Crippen molar-refractivity contribution >= 4 is 23.4 Å². The topological polar surface area (TPSA) is 79.0 Å². The van der Waals surface area contributed by atoms with Crippen LogP contribution in [0.5, 0.6) is 5.75 Å². The molecule has 0 bridgehead atoms. The van der Waals surface area contributed by atoms with Crippen molar-refractivity contribution in [1.29, 1.82) is 0 Å². The number of amides is 3. The average molecular weight is 452 g/mol. The highest BCUT2D eigenvalue weighted by atomic mass is 16.5. The van der Waals surface area contributed by atoms with Gasteiger partial charge in [-0.1, -0.05) is 18.2 Å². The Hall–Kier alpha value is -3.35. The highest BCUT2D eigenvalue weighted by Crippen LogP contribution is 2.23. The summed E-state index contributed by atoms with van der Waals surface area (Å²) in [7, 11) is 1.72. The van der Waals surface area contributed by atoms with Crippen molar-refractivity contribution in [3.05, 3.63) is 59.7 Å². The molecule has 33 heavy (non-hydrogen) atoms. The summed E-state index contributed by atoms with van der Waals surface area (Å²) < 4.78 is 5.70. The van der Waals surface area contributed by atoms with E-state index in [0.29, 0.717) is 23.5 Å². The quantitative estimate of drug-likeness (QED) is 0.688. The van der Waals surface area contributed by atoms with Crippen LogP contribution in [-0.2, 0) is 16.1 Å². The molecule has 0 saturated carbocycles. The van der Waals surface area contributed by atoms with Crippen molar-refractivity contribution in [1.82, 2.24) is 9.80 Å². The van der Waals surface area contributed by atoms with Crippen LogP contribution in [0, 0.1) is 0 Å². The van der Waals surface area contributed by atoms with Gasteiger partial charge >= 0.3 is 0 Å². The molecule has 2 atom stereocenters. The van der Waals surface area contributed by atoms with Gasteiger partial charge in [0.1, 0.15) is 5.75 Å². The first-order valence-electron chi connectivity index (χ1n) is 11.4. The number of carbonyl (C=O) groups excluding carboxylic acids is 3. The van der Waals surface area contributed by atoms with Crippen LogP contribution in [0.15, 0.2) is 48.5 Å². The lowest BCUT2D eigenvalue weighted by atomic mass is 9.97. The molecule has 3 rings (SSSR count). The molecule has 2 unspecified atom stereocenters. The molecule has 7 heteroatoms. The standard InChI is InChI=1S/C26H33N3O4/c1-18-8-7-9-19(2)29(18)25(31)17-33-23-14-12-21(13-15-23)26(32)27-24-11-6-5-10-22(24)16-28(4)20(3)30/h5-6,10-15,18-19H,7-9,16-17H2,1-4H3,(H,27,32). The number of likely N-dealkylation sites (tertiary alicyclic amines) is 1. The van der Waals surface area contributed by atoms with Crippen molar-refractivity contribution in [2.45, 2.75) is 58.7 Å². The van der Waals surface area contributed by atoms with Gasteiger partial charge in [-0.3, -0.25) is 14.4 Å². The molecule has 7 nitrogen and oxygen atoms in total. The molecule has 3 amide bonds. The van der Waals surface area contributed by atoms with Gasteiger partial charge in [-0.2, -0.15) is 0 Å². The lowest BCUT2D eigenvalue weighted by Gasteiger charge is -2.38. The zero-order valence-electron chi connectivity index (χ0n) is 19.8. The largest absolute Gasteiger partial charge is 0.484 e. The second-order valence-electron chi connectivity index (χ2n) is 8.73. The molecule has 1 aliphatic rings. The predicted octanol–water partition coefficient (Wildman–Crippen LogP) is 4.09. The van der Waals surface area contributed by atoms with E-state index in [1.54, 1.807) is 36.2 Å². The number of nitrogens with one attached hydrogen (secondary N) is 1. The van der Waals surface area contributed by atoms with Crippen LogP contribution in [0.4, 0.5) is 5.69 Å². The number of piperidine rings is 1. The smallest absolute Gasteiger partial charge is 0.260 e. The summed E-state index contributed by atoms with van der Waals surface area (Å²) in [5.41, 5.74) is 1.98. The molecule has 0 aliphatic carbocycles. The van der Waals surface area contributed by atoms with Gasteiger partial charge in [-0.25, -0.2) is 0 Å². The molecule has 176 valence electrons. The van der Waals surface area contributed by atoms with E-state index in [1.807, 2.05) is 29.2 Å². The minimum Gasteiger partial charge on any atom is -0.484 e. The van der Waals surface area contributed by atoms with Gasteiger partial charge in [0, 0.05) is 43.9 Å². The molecule has 1 N–H and O–H groups in total. The summed E-state index contributed by atoms with van der Waals surface area (Å²) in [6.45, 7) is 6.05. The van der Waals surface area contributed by atoms with Crippen molar-refractivity contribution in [2.24, 2.45) is 0 Å². The highest BCUT2D eigenvalue weighted by molar-refractivity contribution is 6.04. The van der Waals surface area contributed by atoms with E-state index in [2.05, 4.69) is 19.2 Å².